The van der Waals surface area contributed by atoms with Gasteiger partial charge in [0.1, 0.15) is 17.1 Å². The Kier molecular flexibility index (Phi) is 4.57. The largest absolute Gasteiger partial charge is 0.873 e. The van der Waals surface area contributed by atoms with Crippen LogP contribution in [-0.2, 0) is 20.0 Å². The first kappa shape index (κ1) is 22.0. The van der Waals surface area contributed by atoms with Gasteiger partial charge in [0.25, 0.3) is 5.91 Å². The number of hydrogen-bond acceptors (Lipinski definition) is 8. The molecule has 3 aliphatic rings. The number of nitrogens with two attached hydrogens (primary N) is 1. The number of nitrogens with one attached hydrogen (secondary N) is 1. The second-order valence-corrected chi connectivity index (χ2v) is 9.09. The predicted octanol–water partition coefficient (Wildman–Crippen LogP) is -2.99. The highest BCUT2D eigenvalue weighted by atomic mass is 16.3. The molecule has 4 rings (SSSR count). The number of Topliss-reactive ketones (excluding diaryl/α,β-unsaturated/α-hetero) is 2. The minimum atomic E-state index is -2.84. The summed E-state index contributed by atoms with van der Waals surface area (Å²) in [5, 5.41) is 57.2. The molecule has 1 saturated carbocycles. The van der Waals surface area contributed by atoms with E-state index in [0.29, 0.717) is 4.90 Å². The fraction of sp³-hybridized carbons (Fsp3) is 0.409. The molecule has 0 spiro atoms. The van der Waals surface area contributed by atoms with E-state index >= 15 is 0 Å². The number of phenols is 1. The molecule has 0 aromatic heterocycles. The van der Waals surface area contributed by atoms with Gasteiger partial charge in [0.2, 0.25) is 5.78 Å². The molecule has 170 valence electrons. The van der Waals surface area contributed by atoms with Gasteiger partial charge in [-0.15, -0.1) is 0 Å². The molecule has 1 aromatic rings. The van der Waals surface area contributed by atoms with E-state index in [-0.39, 0.29) is 17.5 Å². The normalized spacial score (nSPS) is 34.4. The van der Waals surface area contributed by atoms with Crippen LogP contribution in [0, 0.1) is 11.8 Å². The second kappa shape index (κ2) is 6.64. The van der Waals surface area contributed by atoms with Crippen molar-refractivity contribution in [1.82, 2.24) is 0 Å². The van der Waals surface area contributed by atoms with Gasteiger partial charge in [-0.2, -0.15) is 0 Å². The molecule has 10 nitrogen and oxygen atoms in total. The number of fused-ring (bicyclic) bond motifs is 3. The zero-order valence-corrected chi connectivity index (χ0v) is 17.7. The van der Waals surface area contributed by atoms with Crippen LogP contribution in [0.3, 0.4) is 0 Å². The summed E-state index contributed by atoms with van der Waals surface area (Å²) < 4.78 is 0. The van der Waals surface area contributed by atoms with Crippen molar-refractivity contribution in [2.45, 2.75) is 30.6 Å². The monoisotopic (exact) mass is 444 g/mol. The van der Waals surface area contributed by atoms with E-state index in [1.54, 1.807) is 14.1 Å². The number of aliphatic hydroxyl groups is 3. The summed E-state index contributed by atoms with van der Waals surface area (Å²) in [6.45, 7) is 1.39. The van der Waals surface area contributed by atoms with Crippen molar-refractivity contribution in [3.05, 3.63) is 46.2 Å². The molecule has 0 aliphatic heterocycles. The zero-order valence-electron chi connectivity index (χ0n) is 17.7. The maximum atomic E-state index is 13.6. The maximum absolute atomic E-state index is 13.6. The third kappa shape index (κ3) is 2.48. The Bertz CT molecular complexity index is 1150. The number of benzene rings is 1. The Morgan fingerprint density at radius 2 is 1.84 bits per heavy atom. The van der Waals surface area contributed by atoms with Crippen LogP contribution in [0.15, 0.2) is 35.1 Å². The van der Waals surface area contributed by atoms with Gasteiger partial charge in [0.15, 0.2) is 11.8 Å². The number of quaternary nitrogens is 1. The van der Waals surface area contributed by atoms with Gasteiger partial charge in [-0.05, 0) is 25.0 Å². The standard InChI is InChI=1S/C22H24N2O8/c1-21(31)8-5-4-6-11(25)12(8)16(26)13-9(21)7-10-15(24(2)3)17(27)14(20(23)30)19(29)22(10,32)18(13)28/h4-6,9-10,15,25-26,29,31-32H,7H2,1-3H3,(H2,23,30)/t9-,10-,15-,21+,22-/m0/s1. The third-order valence-corrected chi connectivity index (χ3v) is 7.10. The average Bonchev–Trinajstić information content (AvgIpc) is 2.68. The molecular weight excluding hydrogens is 420 g/mol. The molecule has 0 unspecified atom stereocenters. The molecule has 10 heteroatoms. The number of aromatic hydroxyl groups is 1. The second-order valence-electron chi connectivity index (χ2n) is 9.09. The molecule has 5 atom stereocenters. The molecule has 1 fully saturated rings. The maximum Gasteiger partial charge on any atom is 0.251 e. The minimum Gasteiger partial charge on any atom is -0.873 e. The number of ketones is 2. The third-order valence-electron chi connectivity index (χ3n) is 7.10. The van der Waals surface area contributed by atoms with Crippen molar-refractivity contribution in [2.75, 3.05) is 14.1 Å². The van der Waals surface area contributed by atoms with Gasteiger partial charge < -0.3 is 36.2 Å². The van der Waals surface area contributed by atoms with Gasteiger partial charge in [-0.1, -0.05) is 17.9 Å². The summed E-state index contributed by atoms with van der Waals surface area (Å²) in [4.78, 5) is 39.0. The molecule has 0 saturated heterocycles. The van der Waals surface area contributed by atoms with E-state index in [9.17, 15) is 39.9 Å². The van der Waals surface area contributed by atoms with Gasteiger partial charge in [-0.25, -0.2) is 0 Å². The lowest BCUT2D eigenvalue weighted by Gasteiger charge is -2.54. The van der Waals surface area contributed by atoms with Gasteiger partial charge in [-0.3, -0.25) is 14.4 Å². The summed E-state index contributed by atoms with van der Waals surface area (Å²) >= 11 is 0. The lowest BCUT2D eigenvalue weighted by atomic mass is 9.54. The highest BCUT2D eigenvalue weighted by Crippen LogP contribution is 2.56. The van der Waals surface area contributed by atoms with Crippen LogP contribution in [-0.4, -0.2) is 63.6 Å². The predicted molar refractivity (Wildman–Crippen MR) is 107 cm³/mol. The number of rotatable bonds is 2. The van der Waals surface area contributed by atoms with E-state index in [4.69, 9.17) is 5.73 Å². The van der Waals surface area contributed by atoms with Crippen molar-refractivity contribution in [3.8, 4) is 5.75 Å². The van der Waals surface area contributed by atoms with Crippen molar-refractivity contribution in [1.29, 1.82) is 0 Å². The smallest absolute Gasteiger partial charge is 0.251 e. The molecule has 3 aliphatic carbocycles. The Hall–Kier alpha value is -3.21. The summed E-state index contributed by atoms with van der Waals surface area (Å²) in [6, 6.07) is 3.04. The van der Waals surface area contributed by atoms with Crippen molar-refractivity contribution >= 4 is 23.2 Å². The number of hydrogen-bond donors (Lipinski definition) is 6. The topological polar surface area (TPSA) is 186 Å². The number of carbonyl (C=O) groups excluding carboxylic acids is 3. The number of amides is 1. The van der Waals surface area contributed by atoms with Gasteiger partial charge in [0, 0.05) is 11.5 Å². The SMILES string of the molecule is C[NH+](C)[C@@H]1C(=O)C(C(N)=O)=C([O-])[C@@]2(O)C(=O)C3=C(O)c4c(O)cccc4[C@@](C)(O)[C@H]3C[C@@H]12. The fourth-order valence-electron chi connectivity index (χ4n) is 5.58. The first-order valence-electron chi connectivity index (χ1n) is 10.1. The molecule has 32 heavy (non-hydrogen) atoms. The van der Waals surface area contributed by atoms with Crippen LogP contribution in [0.4, 0.5) is 0 Å². The number of primary amides is 1. The zero-order chi connectivity index (χ0) is 23.9. The Balaban J connectivity index is 2.05. The van der Waals surface area contributed by atoms with Crippen molar-refractivity contribution in [2.24, 2.45) is 17.6 Å². The summed E-state index contributed by atoms with van der Waals surface area (Å²) in [7, 11) is 3.13. The van der Waals surface area contributed by atoms with Crippen LogP contribution in [0.2, 0.25) is 0 Å². The van der Waals surface area contributed by atoms with Crippen LogP contribution in [0.5, 0.6) is 5.75 Å². The van der Waals surface area contributed by atoms with Crippen molar-refractivity contribution < 1.29 is 44.8 Å². The molecular formula is C22H24N2O8. The van der Waals surface area contributed by atoms with E-state index in [0.717, 1.165) is 0 Å². The lowest BCUT2D eigenvalue weighted by molar-refractivity contribution is -0.881. The van der Waals surface area contributed by atoms with Gasteiger partial charge >= 0.3 is 0 Å². The quantitative estimate of drug-likeness (QED) is 0.261. The first-order chi connectivity index (χ1) is 14.8. The summed E-state index contributed by atoms with van der Waals surface area (Å²) in [6.07, 6.45) is -0.219. The van der Waals surface area contributed by atoms with E-state index in [1.165, 1.54) is 25.1 Å². The highest BCUT2D eigenvalue weighted by molar-refractivity contribution is 6.24. The van der Waals surface area contributed by atoms with Crippen LogP contribution in [0.1, 0.15) is 24.5 Å². The van der Waals surface area contributed by atoms with E-state index < -0.39 is 75.0 Å². The Morgan fingerprint density at radius 1 is 1.22 bits per heavy atom. The first-order valence-corrected chi connectivity index (χ1v) is 10.1. The van der Waals surface area contributed by atoms with E-state index in [1.807, 2.05) is 0 Å². The van der Waals surface area contributed by atoms with Crippen molar-refractivity contribution in [3.63, 3.8) is 0 Å². The molecule has 0 radical (unpaired) electrons. The molecule has 0 heterocycles. The Morgan fingerprint density at radius 3 is 2.41 bits per heavy atom. The molecule has 0 bridgehead atoms. The number of carbonyl (C=O) groups is 3. The fourth-order valence-corrected chi connectivity index (χ4v) is 5.58. The highest BCUT2D eigenvalue weighted by Gasteiger charge is 2.65. The molecule has 7 N–H and O–H groups in total. The van der Waals surface area contributed by atoms with Gasteiger partial charge in [0.05, 0.1) is 36.8 Å². The van der Waals surface area contributed by atoms with Crippen LogP contribution >= 0.6 is 0 Å². The van der Waals surface area contributed by atoms with Crippen LogP contribution in [0.25, 0.3) is 5.76 Å². The lowest BCUT2D eigenvalue weighted by Crippen LogP contribution is -3.13. The molecule has 1 aromatic carbocycles. The number of phenolic OH excluding ortho intramolecular Hbond substituents is 1. The number of likely N-dealkylation sites (N-methyl/N-ethyl adjacent to an activating group) is 1. The van der Waals surface area contributed by atoms with Crippen LogP contribution < -0.4 is 15.7 Å². The van der Waals surface area contributed by atoms with E-state index in [2.05, 4.69) is 0 Å². The average molecular weight is 444 g/mol. The Labute approximate surface area is 182 Å². The summed E-state index contributed by atoms with van der Waals surface area (Å²) in [5.41, 5.74) is -0.825. The molecule has 1 amide bonds. The minimum absolute atomic E-state index is 0.161. The summed E-state index contributed by atoms with van der Waals surface area (Å²) in [5.74, 6) is -8.33. The number of aliphatic hydroxyl groups excluding tert-OH is 1.